The van der Waals surface area contributed by atoms with Gasteiger partial charge in [0.25, 0.3) is 0 Å². The summed E-state index contributed by atoms with van der Waals surface area (Å²) in [6.45, 7) is 4.20. The molecule has 1 aromatic carbocycles. The highest BCUT2D eigenvalue weighted by Crippen LogP contribution is 2.26. The Morgan fingerprint density at radius 2 is 2.21 bits per heavy atom. The number of benzene rings is 1. The highest BCUT2D eigenvalue weighted by atomic mass is 35.5. The summed E-state index contributed by atoms with van der Waals surface area (Å²) >= 11 is 6.06. The number of rotatable bonds is 3. The number of hydrogen-bond acceptors (Lipinski definition) is 3. The van der Waals surface area contributed by atoms with E-state index in [0.29, 0.717) is 18.0 Å². The van der Waals surface area contributed by atoms with E-state index in [1.165, 1.54) is 0 Å². The molecule has 1 aliphatic rings. The first-order chi connectivity index (χ1) is 9.08. The van der Waals surface area contributed by atoms with Crippen LogP contribution < -0.4 is 11.1 Å². The number of hydrogen-bond donors (Lipinski definition) is 2. The van der Waals surface area contributed by atoms with Gasteiger partial charge in [-0.3, -0.25) is 9.69 Å². The molecule has 3 N–H and O–H groups in total. The van der Waals surface area contributed by atoms with Gasteiger partial charge >= 0.3 is 0 Å². The molecule has 2 atom stereocenters. The van der Waals surface area contributed by atoms with E-state index < -0.39 is 0 Å². The molecular formula is C14H20ClN3O. The molecule has 5 heteroatoms. The summed E-state index contributed by atoms with van der Waals surface area (Å²) in [6, 6.07) is 7.86. The van der Waals surface area contributed by atoms with Crippen LogP contribution in [0.15, 0.2) is 24.3 Å². The first kappa shape index (κ1) is 14.3. The van der Waals surface area contributed by atoms with Gasteiger partial charge in [0, 0.05) is 43.2 Å². The van der Waals surface area contributed by atoms with Gasteiger partial charge < -0.3 is 11.1 Å². The van der Waals surface area contributed by atoms with E-state index in [9.17, 15) is 4.79 Å². The van der Waals surface area contributed by atoms with Gasteiger partial charge in [-0.05, 0) is 24.6 Å². The second-order valence-electron chi connectivity index (χ2n) is 4.99. The molecule has 0 spiro atoms. The lowest BCUT2D eigenvalue weighted by Gasteiger charge is -2.33. The molecule has 1 amide bonds. The number of nitrogens with zero attached hydrogens (tertiary/aromatic N) is 1. The lowest BCUT2D eigenvalue weighted by molar-refractivity contribution is -0.120. The molecule has 1 aliphatic heterocycles. The smallest absolute Gasteiger partial charge is 0.221 e. The van der Waals surface area contributed by atoms with Gasteiger partial charge in [-0.15, -0.1) is 0 Å². The highest BCUT2D eigenvalue weighted by Gasteiger charge is 2.26. The Hall–Kier alpha value is -1.10. The summed E-state index contributed by atoms with van der Waals surface area (Å²) in [6.07, 6.45) is 0.518. The monoisotopic (exact) mass is 281 g/mol. The van der Waals surface area contributed by atoms with Crippen molar-refractivity contribution in [1.82, 2.24) is 10.2 Å². The van der Waals surface area contributed by atoms with Crippen LogP contribution in [0.5, 0.6) is 0 Å². The zero-order valence-electron chi connectivity index (χ0n) is 11.1. The highest BCUT2D eigenvalue weighted by molar-refractivity contribution is 6.30. The van der Waals surface area contributed by atoms with Crippen LogP contribution >= 0.6 is 11.6 Å². The third-order valence-corrected chi connectivity index (χ3v) is 3.66. The molecule has 2 unspecified atom stereocenters. The summed E-state index contributed by atoms with van der Waals surface area (Å²) in [5.74, 6) is 0.108. The fourth-order valence-corrected chi connectivity index (χ4v) is 2.80. The van der Waals surface area contributed by atoms with Gasteiger partial charge in [-0.2, -0.15) is 0 Å². The Morgan fingerprint density at radius 3 is 2.89 bits per heavy atom. The molecule has 0 radical (unpaired) electrons. The van der Waals surface area contributed by atoms with Crippen LogP contribution in [0.25, 0.3) is 0 Å². The van der Waals surface area contributed by atoms with Crippen molar-refractivity contribution in [2.75, 3.05) is 19.6 Å². The number of nitrogens with two attached hydrogens (primary N) is 1. The molecule has 1 heterocycles. The van der Waals surface area contributed by atoms with Crippen molar-refractivity contribution in [2.45, 2.75) is 25.4 Å². The average Bonchev–Trinajstić information content (AvgIpc) is 2.55. The zero-order chi connectivity index (χ0) is 13.8. The van der Waals surface area contributed by atoms with Gasteiger partial charge in [0.05, 0.1) is 0 Å². The molecule has 1 aromatic rings. The normalized spacial score (nSPS) is 20.5. The van der Waals surface area contributed by atoms with Crippen LogP contribution in [-0.4, -0.2) is 36.5 Å². The Labute approximate surface area is 118 Å². The van der Waals surface area contributed by atoms with E-state index in [1.807, 2.05) is 31.2 Å². The molecule has 0 aliphatic carbocycles. The predicted octanol–water partition coefficient (Wildman–Crippen LogP) is 1.55. The maximum atomic E-state index is 11.4. The summed E-state index contributed by atoms with van der Waals surface area (Å²) in [5.41, 5.74) is 7.25. The minimum absolute atomic E-state index is 0.0216. The Morgan fingerprint density at radius 1 is 1.42 bits per heavy atom. The second-order valence-corrected chi connectivity index (χ2v) is 5.43. The van der Waals surface area contributed by atoms with Crippen LogP contribution in [0.4, 0.5) is 0 Å². The van der Waals surface area contributed by atoms with Crippen LogP contribution in [-0.2, 0) is 4.79 Å². The average molecular weight is 282 g/mol. The third kappa shape index (κ3) is 3.69. The first-order valence-electron chi connectivity index (χ1n) is 6.59. The minimum Gasteiger partial charge on any atom is -0.355 e. The second kappa shape index (κ2) is 6.37. The van der Waals surface area contributed by atoms with Crippen molar-refractivity contribution >= 4 is 17.5 Å². The van der Waals surface area contributed by atoms with Crippen molar-refractivity contribution in [3.05, 3.63) is 34.9 Å². The van der Waals surface area contributed by atoms with Crippen LogP contribution in [0, 0.1) is 0 Å². The summed E-state index contributed by atoms with van der Waals surface area (Å²) in [5, 5.41) is 3.60. The Kier molecular flexibility index (Phi) is 4.80. The van der Waals surface area contributed by atoms with Gasteiger partial charge in [0.15, 0.2) is 0 Å². The van der Waals surface area contributed by atoms with Gasteiger partial charge in [0.1, 0.15) is 0 Å². The van der Waals surface area contributed by atoms with E-state index in [1.54, 1.807) is 0 Å². The number of amides is 1. The number of carbonyl (C=O) groups is 1. The first-order valence-corrected chi connectivity index (χ1v) is 6.97. The molecule has 104 valence electrons. The molecule has 4 nitrogen and oxygen atoms in total. The van der Waals surface area contributed by atoms with Crippen molar-refractivity contribution in [1.29, 1.82) is 0 Å². The maximum Gasteiger partial charge on any atom is 0.221 e. The third-order valence-electron chi connectivity index (χ3n) is 3.43. The Balaban J connectivity index is 2.22. The molecular weight excluding hydrogens is 262 g/mol. The molecule has 0 bridgehead atoms. The minimum atomic E-state index is -0.0216. The number of carbonyl (C=O) groups excluding carboxylic acids is 1. The summed E-state index contributed by atoms with van der Waals surface area (Å²) in [4.78, 5) is 13.7. The van der Waals surface area contributed by atoms with E-state index in [4.69, 9.17) is 17.3 Å². The Bertz CT molecular complexity index is 450. The predicted molar refractivity (Wildman–Crippen MR) is 77.0 cm³/mol. The number of halogens is 1. The van der Waals surface area contributed by atoms with E-state index in [-0.39, 0.29) is 18.0 Å². The fraction of sp³-hybridized carbons (Fsp3) is 0.500. The SMILES string of the molecule is CC(N)C(c1cccc(Cl)c1)N1CCNC(=O)CC1. The summed E-state index contributed by atoms with van der Waals surface area (Å²) in [7, 11) is 0. The lowest BCUT2D eigenvalue weighted by Crippen LogP contribution is -2.41. The van der Waals surface area contributed by atoms with Crippen molar-refractivity contribution in [3.63, 3.8) is 0 Å². The van der Waals surface area contributed by atoms with Crippen LogP contribution in [0.3, 0.4) is 0 Å². The summed E-state index contributed by atoms with van der Waals surface area (Å²) < 4.78 is 0. The number of nitrogens with one attached hydrogen (secondary N) is 1. The van der Waals surface area contributed by atoms with Gasteiger partial charge in [-0.25, -0.2) is 0 Å². The fourth-order valence-electron chi connectivity index (χ4n) is 2.60. The molecule has 1 saturated heterocycles. The van der Waals surface area contributed by atoms with Gasteiger partial charge in [-0.1, -0.05) is 23.7 Å². The van der Waals surface area contributed by atoms with Crippen molar-refractivity contribution in [2.24, 2.45) is 5.73 Å². The maximum absolute atomic E-state index is 11.4. The quantitative estimate of drug-likeness (QED) is 0.884. The topological polar surface area (TPSA) is 58.4 Å². The molecule has 0 saturated carbocycles. The largest absolute Gasteiger partial charge is 0.355 e. The molecule has 1 fully saturated rings. The van der Waals surface area contributed by atoms with Gasteiger partial charge in [0.2, 0.25) is 5.91 Å². The van der Waals surface area contributed by atoms with Crippen LogP contribution in [0.2, 0.25) is 5.02 Å². The van der Waals surface area contributed by atoms with Crippen molar-refractivity contribution < 1.29 is 4.79 Å². The van der Waals surface area contributed by atoms with E-state index >= 15 is 0 Å². The van der Waals surface area contributed by atoms with E-state index in [2.05, 4.69) is 10.2 Å². The molecule has 19 heavy (non-hydrogen) atoms. The lowest BCUT2D eigenvalue weighted by atomic mass is 9.99. The standard InChI is InChI=1S/C14H20ClN3O/c1-10(16)14(11-3-2-4-12(15)9-11)18-7-5-13(19)17-6-8-18/h2-4,9-10,14H,5-8,16H2,1H3,(H,17,19). The van der Waals surface area contributed by atoms with E-state index in [0.717, 1.165) is 18.7 Å². The van der Waals surface area contributed by atoms with Crippen molar-refractivity contribution in [3.8, 4) is 0 Å². The molecule has 2 rings (SSSR count). The van der Waals surface area contributed by atoms with Crippen LogP contribution in [0.1, 0.15) is 24.9 Å². The zero-order valence-corrected chi connectivity index (χ0v) is 11.9. The molecule has 0 aromatic heterocycles.